The fourth-order valence-corrected chi connectivity index (χ4v) is 1.61. The summed E-state index contributed by atoms with van der Waals surface area (Å²) in [6, 6.07) is 3.38. The van der Waals surface area contributed by atoms with Gasteiger partial charge in [0.15, 0.2) is 0 Å². The van der Waals surface area contributed by atoms with Gasteiger partial charge in [0.1, 0.15) is 15.1 Å². The molecule has 0 aromatic carbocycles. The van der Waals surface area contributed by atoms with Gasteiger partial charge in [0, 0.05) is 12.1 Å². The quantitative estimate of drug-likeness (QED) is 0.677. The van der Waals surface area contributed by atoms with Gasteiger partial charge in [-0.15, -0.1) is 0 Å². The number of aromatic nitrogens is 1. The van der Waals surface area contributed by atoms with Crippen LogP contribution in [-0.2, 0) is 0 Å². The fourth-order valence-electron chi connectivity index (χ4n) is 1.05. The maximum Gasteiger partial charge on any atom is 0.267 e. The van der Waals surface area contributed by atoms with E-state index in [4.69, 9.17) is 10.5 Å². The number of rotatable bonds is 3. The molecule has 74 valence electrons. The smallest absolute Gasteiger partial charge is 0.267 e. The molecule has 0 atom stereocenters. The molecule has 1 amide bonds. The number of hydrogen-bond donors (Lipinski definition) is 1. The Morgan fingerprint density at radius 2 is 2.29 bits per heavy atom. The van der Waals surface area contributed by atoms with Gasteiger partial charge in [-0.05, 0) is 35.4 Å². The summed E-state index contributed by atoms with van der Waals surface area (Å²) in [6.45, 7) is 0. The number of hydrogen-bond acceptors (Lipinski definition) is 3. The summed E-state index contributed by atoms with van der Waals surface area (Å²) < 4.78 is 6.26. The predicted molar refractivity (Wildman–Crippen MR) is 59.1 cm³/mol. The summed E-state index contributed by atoms with van der Waals surface area (Å²) >= 11 is 2.03. The van der Waals surface area contributed by atoms with Crippen LogP contribution in [0.25, 0.3) is 0 Å². The molecule has 1 fully saturated rings. The van der Waals surface area contributed by atoms with E-state index in [0.29, 0.717) is 11.9 Å². The van der Waals surface area contributed by atoms with Crippen molar-refractivity contribution in [2.75, 3.05) is 0 Å². The van der Waals surface area contributed by atoms with Crippen molar-refractivity contribution in [1.29, 1.82) is 0 Å². The molecule has 5 heteroatoms. The van der Waals surface area contributed by atoms with Crippen molar-refractivity contribution in [1.82, 2.24) is 4.98 Å². The lowest BCUT2D eigenvalue weighted by Crippen LogP contribution is -2.14. The highest BCUT2D eigenvalue weighted by Crippen LogP contribution is 2.27. The first kappa shape index (κ1) is 9.70. The van der Waals surface area contributed by atoms with Crippen LogP contribution in [0.2, 0.25) is 0 Å². The van der Waals surface area contributed by atoms with Gasteiger partial charge in [-0.1, -0.05) is 0 Å². The third-order valence-electron chi connectivity index (χ3n) is 1.85. The second-order valence-corrected chi connectivity index (χ2v) is 4.30. The molecule has 0 bridgehead atoms. The van der Waals surface area contributed by atoms with Gasteiger partial charge >= 0.3 is 0 Å². The van der Waals surface area contributed by atoms with E-state index in [1.165, 1.54) is 0 Å². The topological polar surface area (TPSA) is 65.2 Å². The van der Waals surface area contributed by atoms with E-state index in [9.17, 15) is 4.79 Å². The maximum atomic E-state index is 10.9. The van der Waals surface area contributed by atoms with E-state index in [2.05, 4.69) is 4.98 Å². The number of carbonyl (C=O) groups is 1. The summed E-state index contributed by atoms with van der Waals surface area (Å²) in [5, 5.41) is 0. The van der Waals surface area contributed by atoms with Crippen LogP contribution < -0.4 is 10.5 Å². The van der Waals surface area contributed by atoms with Crippen molar-refractivity contribution in [2.45, 2.75) is 18.9 Å². The molecule has 0 unspecified atom stereocenters. The van der Waals surface area contributed by atoms with E-state index in [1.54, 1.807) is 12.1 Å². The standard InChI is InChI=1S/C9H9IN2O2/c10-8-4-6(14-5-1-2-5)3-7(12-8)9(11)13/h3-5H,1-2H2,(H2,11,13). The van der Waals surface area contributed by atoms with Crippen molar-refractivity contribution in [3.63, 3.8) is 0 Å². The van der Waals surface area contributed by atoms with Gasteiger partial charge in [-0.2, -0.15) is 0 Å². The molecule has 0 saturated heterocycles. The van der Waals surface area contributed by atoms with Crippen LogP contribution in [0.4, 0.5) is 0 Å². The van der Waals surface area contributed by atoms with Crippen LogP contribution in [0.15, 0.2) is 12.1 Å². The van der Waals surface area contributed by atoms with Crippen LogP contribution in [0, 0.1) is 3.70 Å². The van der Waals surface area contributed by atoms with Crippen LogP contribution in [0.5, 0.6) is 5.75 Å². The first-order chi connectivity index (χ1) is 6.65. The molecule has 1 aromatic rings. The molecule has 14 heavy (non-hydrogen) atoms. The van der Waals surface area contributed by atoms with Gasteiger partial charge < -0.3 is 10.5 Å². The Bertz CT molecular complexity index is 377. The van der Waals surface area contributed by atoms with Crippen molar-refractivity contribution in [3.8, 4) is 5.75 Å². The van der Waals surface area contributed by atoms with Crippen LogP contribution in [-0.4, -0.2) is 17.0 Å². The monoisotopic (exact) mass is 304 g/mol. The lowest BCUT2D eigenvalue weighted by atomic mass is 10.3. The predicted octanol–water partition coefficient (Wildman–Crippen LogP) is 1.33. The zero-order valence-corrected chi connectivity index (χ0v) is 9.52. The number of pyridine rings is 1. The van der Waals surface area contributed by atoms with E-state index < -0.39 is 5.91 Å². The minimum absolute atomic E-state index is 0.257. The number of halogens is 1. The summed E-state index contributed by atoms with van der Waals surface area (Å²) in [7, 11) is 0. The van der Waals surface area contributed by atoms with E-state index in [0.717, 1.165) is 16.5 Å². The molecule has 1 aromatic heterocycles. The van der Waals surface area contributed by atoms with E-state index >= 15 is 0 Å². The number of amides is 1. The second kappa shape index (κ2) is 3.72. The molecule has 1 saturated carbocycles. The number of nitrogens with two attached hydrogens (primary N) is 1. The molecule has 2 N–H and O–H groups in total. The molecule has 0 radical (unpaired) electrons. The zero-order chi connectivity index (χ0) is 10.1. The molecule has 0 aliphatic heterocycles. The highest BCUT2D eigenvalue weighted by Gasteiger charge is 2.24. The molecule has 1 aliphatic carbocycles. The first-order valence-corrected chi connectivity index (χ1v) is 5.37. The van der Waals surface area contributed by atoms with Crippen LogP contribution in [0.1, 0.15) is 23.3 Å². The molecule has 1 aliphatic rings. The number of nitrogens with zero attached hydrogens (tertiary/aromatic N) is 1. The van der Waals surface area contributed by atoms with Crippen molar-refractivity contribution >= 4 is 28.5 Å². The average Bonchev–Trinajstić information content (AvgIpc) is 2.87. The summed E-state index contributed by atoms with van der Waals surface area (Å²) in [5.74, 6) is 0.157. The van der Waals surface area contributed by atoms with E-state index in [1.807, 2.05) is 22.6 Å². The SMILES string of the molecule is NC(=O)c1cc(OC2CC2)cc(I)n1. The number of primary amides is 1. The Kier molecular flexibility index (Phi) is 2.58. The largest absolute Gasteiger partial charge is 0.490 e. The van der Waals surface area contributed by atoms with Gasteiger partial charge in [-0.25, -0.2) is 4.98 Å². The van der Waals surface area contributed by atoms with Gasteiger partial charge in [0.05, 0.1) is 6.10 Å². The Hall–Kier alpha value is -0.850. The second-order valence-electron chi connectivity index (χ2n) is 3.19. The van der Waals surface area contributed by atoms with E-state index in [-0.39, 0.29) is 5.69 Å². The third-order valence-corrected chi connectivity index (χ3v) is 2.40. The molecular weight excluding hydrogens is 295 g/mol. The summed E-state index contributed by atoms with van der Waals surface area (Å²) in [5.41, 5.74) is 5.39. The molecule has 4 nitrogen and oxygen atoms in total. The number of carbonyl (C=O) groups excluding carboxylic acids is 1. The Morgan fingerprint density at radius 1 is 1.57 bits per heavy atom. The Balaban J connectivity index is 2.25. The normalized spacial score (nSPS) is 15.2. The maximum absolute atomic E-state index is 10.9. The minimum Gasteiger partial charge on any atom is -0.490 e. The van der Waals surface area contributed by atoms with Gasteiger partial charge in [-0.3, -0.25) is 4.79 Å². The third kappa shape index (κ3) is 2.34. The first-order valence-electron chi connectivity index (χ1n) is 4.29. The lowest BCUT2D eigenvalue weighted by molar-refractivity contribution is 0.0995. The Morgan fingerprint density at radius 3 is 2.86 bits per heavy atom. The van der Waals surface area contributed by atoms with Crippen molar-refractivity contribution in [3.05, 3.63) is 21.5 Å². The fraction of sp³-hybridized carbons (Fsp3) is 0.333. The minimum atomic E-state index is -0.524. The van der Waals surface area contributed by atoms with Crippen LogP contribution >= 0.6 is 22.6 Å². The molecule has 1 heterocycles. The summed E-state index contributed by atoms with van der Waals surface area (Å²) in [6.07, 6.45) is 2.49. The summed E-state index contributed by atoms with van der Waals surface area (Å²) in [4.78, 5) is 14.9. The van der Waals surface area contributed by atoms with Crippen LogP contribution in [0.3, 0.4) is 0 Å². The highest BCUT2D eigenvalue weighted by molar-refractivity contribution is 14.1. The molecular formula is C9H9IN2O2. The van der Waals surface area contributed by atoms with Gasteiger partial charge in [0.25, 0.3) is 5.91 Å². The van der Waals surface area contributed by atoms with Crippen molar-refractivity contribution in [2.24, 2.45) is 5.73 Å². The lowest BCUT2D eigenvalue weighted by Gasteiger charge is -2.05. The highest BCUT2D eigenvalue weighted by atomic mass is 127. The molecule has 0 spiro atoms. The zero-order valence-electron chi connectivity index (χ0n) is 7.37. The van der Waals surface area contributed by atoms with Gasteiger partial charge in [0.2, 0.25) is 0 Å². The average molecular weight is 304 g/mol. The number of ether oxygens (including phenoxy) is 1. The Labute approximate surface area is 95.0 Å². The van der Waals surface area contributed by atoms with Crippen molar-refractivity contribution < 1.29 is 9.53 Å². The molecule has 2 rings (SSSR count).